The summed E-state index contributed by atoms with van der Waals surface area (Å²) >= 11 is 0. The van der Waals surface area contributed by atoms with E-state index in [-0.39, 0.29) is 0 Å². The number of hydrogen-bond donors (Lipinski definition) is 1. The van der Waals surface area contributed by atoms with E-state index < -0.39 is 0 Å². The highest BCUT2D eigenvalue weighted by atomic mass is 16.5. The first-order valence-corrected chi connectivity index (χ1v) is 6.41. The predicted molar refractivity (Wildman–Crippen MR) is 62.1 cm³/mol. The molecule has 2 aliphatic rings. The minimum Gasteiger partial charge on any atom is -0.377 e. The normalized spacial score (nSPS) is 32.6. The van der Waals surface area contributed by atoms with Crippen molar-refractivity contribution < 1.29 is 4.74 Å². The molecule has 0 aromatic rings. The van der Waals surface area contributed by atoms with Gasteiger partial charge < -0.3 is 15.0 Å². The van der Waals surface area contributed by atoms with Crippen LogP contribution in [0.2, 0.25) is 0 Å². The average Bonchev–Trinajstić information content (AvgIpc) is 2.85. The highest BCUT2D eigenvalue weighted by Crippen LogP contribution is 2.18. The molecule has 88 valence electrons. The lowest BCUT2D eigenvalue weighted by atomic mass is 10.0. The summed E-state index contributed by atoms with van der Waals surface area (Å²) in [6.45, 7) is 9.22. The maximum Gasteiger partial charge on any atom is 0.0725 e. The number of rotatable bonds is 5. The maximum atomic E-state index is 5.66. The van der Waals surface area contributed by atoms with Crippen LogP contribution >= 0.6 is 0 Å². The van der Waals surface area contributed by atoms with Crippen LogP contribution in [0, 0.1) is 5.92 Å². The molecule has 0 aromatic carbocycles. The zero-order valence-corrected chi connectivity index (χ0v) is 9.87. The van der Waals surface area contributed by atoms with Crippen molar-refractivity contribution in [3.05, 3.63) is 0 Å². The Morgan fingerprint density at radius 2 is 2.13 bits per heavy atom. The summed E-state index contributed by atoms with van der Waals surface area (Å²) in [5.41, 5.74) is 0. The standard InChI is InChI=1S/C12H24N2O/c1-11-4-9-15-12(11)10-13-5-8-14-6-2-3-7-14/h11-13H,2-10H2,1H3. The zero-order valence-electron chi connectivity index (χ0n) is 9.87. The molecule has 2 fully saturated rings. The van der Waals surface area contributed by atoms with Crippen molar-refractivity contribution in [3.8, 4) is 0 Å². The lowest BCUT2D eigenvalue weighted by Gasteiger charge is -2.18. The molecular weight excluding hydrogens is 188 g/mol. The van der Waals surface area contributed by atoms with Crippen LogP contribution in [0.5, 0.6) is 0 Å². The highest BCUT2D eigenvalue weighted by molar-refractivity contribution is 4.75. The molecule has 15 heavy (non-hydrogen) atoms. The quantitative estimate of drug-likeness (QED) is 0.691. The van der Waals surface area contributed by atoms with Crippen LogP contribution in [0.3, 0.4) is 0 Å². The predicted octanol–water partition coefficient (Wildman–Crippen LogP) is 1.10. The van der Waals surface area contributed by atoms with Gasteiger partial charge in [0.15, 0.2) is 0 Å². The summed E-state index contributed by atoms with van der Waals surface area (Å²) in [7, 11) is 0. The first-order chi connectivity index (χ1) is 7.36. The van der Waals surface area contributed by atoms with Crippen LogP contribution in [-0.4, -0.2) is 50.3 Å². The molecule has 3 nitrogen and oxygen atoms in total. The molecule has 2 atom stereocenters. The number of ether oxygens (including phenoxy) is 1. The van der Waals surface area contributed by atoms with E-state index in [0.29, 0.717) is 6.10 Å². The van der Waals surface area contributed by atoms with Crippen LogP contribution < -0.4 is 5.32 Å². The van der Waals surface area contributed by atoms with E-state index in [1.54, 1.807) is 0 Å². The van der Waals surface area contributed by atoms with E-state index in [1.165, 1.54) is 38.9 Å². The van der Waals surface area contributed by atoms with Crippen molar-refractivity contribution in [2.45, 2.75) is 32.3 Å². The van der Waals surface area contributed by atoms with Crippen LogP contribution in [0.15, 0.2) is 0 Å². The molecule has 2 heterocycles. The van der Waals surface area contributed by atoms with Crippen LogP contribution in [0.4, 0.5) is 0 Å². The molecular formula is C12H24N2O. The van der Waals surface area contributed by atoms with Gasteiger partial charge in [0, 0.05) is 26.2 Å². The Kier molecular flexibility index (Phi) is 4.42. The highest BCUT2D eigenvalue weighted by Gasteiger charge is 2.23. The maximum absolute atomic E-state index is 5.66. The van der Waals surface area contributed by atoms with Crippen LogP contribution in [0.1, 0.15) is 26.2 Å². The molecule has 2 rings (SSSR count). The Labute approximate surface area is 93.2 Å². The number of likely N-dealkylation sites (tertiary alicyclic amines) is 1. The van der Waals surface area contributed by atoms with Gasteiger partial charge in [-0.05, 0) is 38.3 Å². The Bertz CT molecular complexity index is 180. The third-order valence-corrected chi connectivity index (χ3v) is 3.69. The molecule has 0 bridgehead atoms. The Balaban J connectivity index is 1.51. The van der Waals surface area contributed by atoms with E-state index >= 15 is 0 Å². The second kappa shape index (κ2) is 5.83. The van der Waals surface area contributed by atoms with Gasteiger partial charge in [-0.1, -0.05) is 6.92 Å². The van der Waals surface area contributed by atoms with E-state index in [0.717, 1.165) is 25.6 Å². The lowest BCUT2D eigenvalue weighted by molar-refractivity contribution is 0.0929. The van der Waals surface area contributed by atoms with Crippen LogP contribution in [0.25, 0.3) is 0 Å². The zero-order chi connectivity index (χ0) is 10.5. The van der Waals surface area contributed by atoms with Gasteiger partial charge in [0.25, 0.3) is 0 Å². The summed E-state index contributed by atoms with van der Waals surface area (Å²) in [4.78, 5) is 2.55. The molecule has 0 aliphatic carbocycles. The molecule has 2 unspecified atom stereocenters. The number of nitrogens with zero attached hydrogens (tertiary/aromatic N) is 1. The van der Waals surface area contributed by atoms with Crippen molar-refractivity contribution in [2.24, 2.45) is 5.92 Å². The summed E-state index contributed by atoms with van der Waals surface area (Å²) in [6, 6.07) is 0. The first kappa shape index (κ1) is 11.4. The van der Waals surface area contributed by atoms with Crippen molar-refractivity contribution in [1.82, 2.24) is 10.2 Å². The van der Waals surface area contributed by atoms with Gasteiger partial charge >= 0.3 is 0 Å². The van der Waals surface area contributed by atoms with Crippen LogP contribution in [-0.2, 0) is 4.74 Å². The SMILES string of the molecule is CC1CCOC1CNCCN1CCCC1. The molecule has 0 spiro atoms. The Morgan fingerprint density at radius 1 is 1.33 bits per heavy atom. The van der Waals surface area contributed by atoms with Crippen molar-refractivity contribution >= 4 is 0 Å². The molecule has 1 N–H and O–H groups in total. The van der Waals surface area contributed by atoms with E-state index in [9.17, 15) is 0 Å². The van der Waals surface area contributed by atoms with Crippen molar-refractivity contribution in [2.75, 3.05) is 39.3 Å². The number of hydrogen-bond acceptors (Lipinski definition) is 3. The van der Waals surface area contributed by atoms with Gasteiger partial charge in [-0.3, -0.25) is 0 Å². The monoisotopic (exact) mass is 212 g/mol. The second-order valence-corrected chi connectivity index (χ2v) is 4.93. The molecule has 2 saturated heterocycles. The van der Waals surface area contributed by atoms with E-state index in [4.69, 9.17) is 4.74 Å². The third kappa shape index (κ3) is 3.44. The first-order valence-electron chi connectivity index (χ1n) is 6.41. The molecule has 0 radical (unpaired) electrons. The van der Waals surface area contributed by atoms with Gasteiger partial charge in [-0.15, -0.1) is 0 Å². The van der Waals surface area contributed by atoms with Gasteiger partial charge in [-0.25, -0.2) is 0 Å². The largest absolute Gasteiger partial charge is 0.377 e. The average molecular weight is 212 g/mol. The number of nitrogens with one attached hydrogen (secondary N) is 1. The molecule has 0 saturated carbocycles. The minimum atomic E-state index is 0.462. The summed E-state index contributed by atoms with van der Waals surface area (Å²) < 4.78 is 5.66. The fraction of sp³-hybridized carbons (Fsp3) is 1.00. The fourth-order valence-electron chi connectivity index (χ4n) is 2.50. The second-order valence-electron chi connectivity index (χ2n) is 4.93. The summed E-state index contributed by atoms with van der Waals surface area (Å²) in [5.74, 6) is 0.740. The molecule has 3 heteroatoms. The Morgan fingerprint density at radius 3 is 2.80 bits per heavy atom. The Hall–Kier alpha value is -0.120. The molecule has 2 aliphatic heterocycles. The summed E-state index contributed by atoms with van der Waals surface area (Å²) in [5, 5.41) is 3.52. The lowest BCUT2D eigenvalue weighted by Crippen LogP contribution is -2.35. The fourth-order valence-corrected chi connectivity index (χ4v) is 2.50. The molecule has 0 aromatic heterocycles. The smallest absolute Gasteiger partial charge is 0.0725 e. The van der Waals surface area contributed by atoms with E-state index in [2.05, 4.69) is 17.1 Å². The van der Waals surface area contributed by atoms with Gasteiger partial charge in [0.2, 0.25) is 0 Å². The van der Waals surface area contributed by atoms with E-state index in [1.807, 2.05) is 0 Å². The third-order valence-electron chi connectivity index (χ3n) is 3.69. The van der Waals surface area contributed by atoms with Gasteiger partial charge in [0.1, 0.15) is 0 Å². The molecule has 0 amide bonds. The minimum absolute atomic E-state index is 0.462. The van der Waals surface area contributed by atoms with Gasteiger partial charge in [-0.2, -0.15) is 0 Å². The van der Waals surface area contributed by atoms with Crippen molar-refractivity contribution in [3.63, 3.8) is 0 Å². The summed E-state index contributed by atoms with van der Waals surface area (Å²) in [6.07, 6.45) is 4.48. The van der Waals surface area contributed by atoms with Crippen molar-refractivity contribution in [1.29, 1.82) is 0 Å². The van der Waals surface area contributed by atoms with Gasteiger partial charge in [0.05, 0.1) is 6.10 Å². The topological polar surface area (TPSA) is 24.5 Å².